The molecule has 0 aromatic carbocycles. The lowest BCUT2D eigenvalue weighted by atomic mass is 10.1. The van der Waals surface area contributed by atoms with Crippen molar-refractivity contribution in [3.63, 3.8) is 0 Å². The van der Waals surface area contributed by atoms with Gasteiger partial charge in [0, 0.05) is 19.1 Å². The Hall–Kier alpha value is -0.220. The van der Waals surface area contributed by atoms with Gasteiger partial charge in [0.15, 0.2) is 0 Å². The van der Waals surface area contributed by atoms with Gasteiger partial charge in [-0.3, -0.25) is 4.79 Å². The molecule has 64 valence electrons. The topological polar surface area (TPSA) is 46.3 Å². The first-order chi connectivity index (χ1) is 5.24. The number of carbonyl (C=O) groups is 1. The number of thioether (sulfide) groups is 1. The maximum atomic E-state index is 11.2. The Morgan fingerprint density at radius 1 is 1.73 bits per heavy atom. The van der Waals surface area contributed by atoms with Crippen LogP contribution in [0.1, 0.15) is 6.92 Å². The number of carbonyl (C=O) groups excluding carboxylic acids is 1. The molecule has 0 radical (unpaired) electrons. The molecule has 1 heterocycles. The van der Waals surface area contributed by atoms with Gasteiger partial charge in [0.2, 0.25) is 5.91 Å². The van der Waals surface area contributed by atoms with Crippen LogP contribution in [0.2, 0.25) is 0 Å². The van der Waals surface area contributed by atoms with E-state index in [1.165, 1.54) is 0 Å². The second-order valence-electron chi connectivity index (χ2n) is 2.70. The normalized spacial score (nSPS) is 18.2. The molecular formula is C7H14N2OS. The number of amides is 1. The minimum Gasteiger partial charge on any atom is -0.339 e. The smallest absolute Gasteiger partial charge is 0.232 e. The molecule has 0 spiro atoms. The van der Waals surface area contributed by atoms with Gasteiger partial charge in [-0.05, 0) is 5.75 Å². The standard InChI is InChI=1S/C7H14N2OS/c1-2-11-5-7(10)9-3-6(8)4-9/h6H,2-5,8H2,1H3. The van der Waals surface area contributed by atoms with E-state index in [2.05, 4.69) is 6.92 Å². The lowest BCUT2D eigenvalue weighted by Gasteiger charge is -2.36. The minimum absolute atomic E-state index is 0.227. The number of hydrogen-bond acceptors (Lipinski definition) is 3. The van der Waals surface area contributed by atoms with Gasteiger partial charge in [0.25, 0.3) is 0 Å². The minimum atomic E-state index is 0.227. The molecule has 1 amide bonds. The van der Waals surface area contributed by atoms with Crippen LogP contribution in [0.5, 0.6) is 0 Å². The Labute approximate surface area is 71.3 Å². The molecule has 11 heavy (non-hydrogen) atoms. The van der Waals surface area contributed by atoms with Crippen molar-refractivity contribution in [3.05, 3.63) is 0 Å². The predicted octanol–water partition coefficient (Wildman–Crippen LogP) is -0.0910. The Kier molecular flexibility index (Phi) is 3.20. The third-order valence-electron chi connectivity index (χ3n) is 1.69. The van der Waals surface area contributed by atoms with Crippen molar-refractivity contribution >= 4 is 17.7 Å². The summed E-state index contributed by atoms with van der Waals surface area (Å²) in [5.41, 5.74) is 5.53. The number of likely N-dealkylation sites (tertiary alicyclic amines) is 1. The van der Waals surface area contributed by atoms with E-state index in [1.807, 2.05) is 4.90 Å². The van der Waals surface area contributed by atoms with E-state index < -0.39 is 0 Å². The largest absolute Gasteiger partial charge is 0.339 e. The highest BCUT2D eigenvalue weighted by atomic mass is 32.2. The number of rotatable bonds is 3. The van der Waals surface area contributed by atoms with Crippen LogP contribution >= 0.6 is 11.8 Å². The molecule has 0 bridgehead atoms. The van der Waals surface area contributed by atoms with Gasteiger partial charge in [-0.15, -0.1) is 0 Å². The average molecular weight is 174 g/mol. The zero-order chi connectivity index (χ0) is 8.27. The SMILES string of the molecule is CCSCC(=O)N1CC(N)C1. The number of nitrogens with two attached hydrogens (primary N) is 1. The number of nitrogens with zero attached hydrogens (tertiary/aromatic N) is 1. The molecule has 0 aromatic rings. The van der Waals surface area contributed by atoms with E-state index in [0.717, 1.165) is 18.8 Å². The van der Waals surface area contributed by atoms with Crippen LogP contribution in [0, 0.1) is 0 Å². The summed E-state index contributed by atoms with van der Waals surface area (Å²) in [6.45, 7) is 3.56. The van der Waals surface area contributed by atoms with E-state index in [9.17, 15) is 4.79 Å². The molecule has 3 nitrogen and oxygen atoms in total. The molecule has 1 aliphatic heterocycles. The van der Waals surface area contributed by atoms with Gasteiger partial charge in [-0.1, -0.05) is 6.92 Å². The summed E-state index contributed by atoms with van der Waals surface area (Å²) < 4.78 is 0. The predicted molar refractivity (Wildman–Crippen MR) is 47.6 cm³/mol. The zero-order valence-electron chi connectivity index (χ0n) is 6.75. The van der Waals surface area contributed by atoms with Gasteiger partial charge in [-0.25, -0.2) is 0 Å². The summed E-state index contributed by atoms with van der Waals surface area (Å²) in [7, 11) is 0. The van der Waals surface area contributed by atoms with Crippen LogP contribution < -0.4 is 5.73 Å². The van der Waals surface area contributed by atoms with E-state index in [4.69, 9.17) is 5.73 Å². The first-order valence-electron chi connectivity index (χ1n) is 3.85. The van der Waals surface area contributed by atoms with Crippen molar-refractivity contribution < 1.29 is 4.79 Å². The van der Waals surface area contributed by atoms with Crippen molar-refractivity contribution in [3.8, 4) is 0 Å². The highest BCUT2D eigenvalue weighted by molar-refractivity contribution is 7.99. The first-order valence-corrected chi connectivity index (χ1v) is 5.00. The molecule has 1 fully saturated rings. The van der Waals surface area contributed by atoms with E-state index in [0.29, 0.717) is 5.75 Å². The molecule has 0 saturated carbocycles. The fourth-order valence-electron chi connectivity index (χ4n) is 0.997. The maximum Gasteiger partial charge on any atom is 0.232 e. The zero-order valence-corrected chi connectivity index (χ0v) is 7.56. The highest BCUT2D eigenvalue weighted by Crippen LogP contribution is 2.08. The van der Waals surface area contributed by atoms with Crippen molar-refractivity contribution in [2.45, 2.75) is 13.0 Å². The maximum absolute atomic E-state index is 11.2. The van der Waals surface area contributed by atoms with Gasteiger partial charge in [-0.2, -0.15) is 11.8 Å². The van der Waals surface area contributed by atoms with Crippen LogP contribution in [-0.4, -0.2) is 41.4 Å². The van der Waals surface area contributed by atoms with Gasteiger partial charge in [0.1, 0.15) is 0 Å². The van der Waals surface area contributed by atoms with Crippen LogP contribution in [0.25, 0.3) is 0 Å². The molecule has 1 aliphatic rings. The lowest BCUT2D eigenvalue weighted by molar-refractivity contribution is -0.132. The van der Waals surface area contributed by atoms with Crippen molar-refractivity contribution in [2.24, 2.45) is 5.73 Å². The first kappa shape index (κ1) is 8.87. The van der Waals surface area contributed by atoms with Gasteiger partial charge in [0.05, 0.1) is 5.75 Å². The van der Waals surface area contributed by atoms with Crippen LogP contribution in [0.4, 0.5) is 0 Å². The second-order valence-corrected chi connectivity index (χ2v) is 3.97. The highest BCUT2D eigenvalue weighted by Gasteiger charge is 2.26. The average Bonchev–Trinajstić information content (AvgIpc) is 1.94. The van der Waals surface area contributed by atoms with Gasteiger partial charge >= 0.3 is 0 Å². The molecule has 0 unspecified atom stereocenters. The Morgan fingerprint density at radius 2 is 2.36 bits per heavy atom. The summed E-state index contributed by atoms with van der Waals surface area (Å²) in [4.78, 5) is 13.0. The Balaban J connectivity index is 2.11. The number of hydrogen-bond donors (Lipinski definition) is 1. The molecule has 2 N–H and O–H groups in total. The molecule has 0 aromatic heterocycles. The van der Waals surface area contributed by atoms with Crippen molar-refractivity contribution in [1.82, 2.24) is 4.90 Å². The van der Waals surface area contributed by atoms with Crippen molar-refractivity contribution in [2.75, 3.05) is 24.6 Å². The lowest BCUT2D eigenvalue weighted by Crippen LogP contribution is -2.58. The fraction of sp³-hybridized carbons (Fsp3) is 0.857. The molecular weight excluding hydrogens is 160 g/mol. The van der Waals surface area contributed by atoms with E-state index >= 15 is 0 Å². The molecule has 0 aliphatic carbocycles. The Morgan fingerprint density at radius 3 is 2.82 bits per heavy atom. The molecule has 0 atom stereocenters. The van der Waals surface area contributed by atoms with E-state index in [1.54, 1.807) is 11.8 Å². The third kappa shape index (κ3) is 2.38. The van der Waals surface area contributed by atoms with Crippen molar-refractivity contribution in [1.29, 1.82) is 0 Å². The summed E-state index contributed by atoms with van der Waals surface area (Å²) in [6, 6.07) is 0.227. The van der Waals surface area contributed by atoms with Crippen LogP contribution in [-0.2, 0) is 4.79 Å². The quantitative estimate of drug-likeness (QED) is 0.650. The second kappa shape index (κ2) is 3.97. The van der Waals surface area contributed by atoms with Gasteiger partial charge < -0.3 is 10.6 Å². The molecule has 1 rings (SSSR count). The third-order valence-corrected chi connectivity index (χ3v) is 2.55. The summed E-state index contributed by atoms with van der Waals surface area (Å²) in [6.07, 6.45) is 0. The van der Waals surface area contributed by atoms with Crippen LogP contribution in [0.15, 0.2) is 0 Å². The fourth-order valence-corrected chi connectivity index (χ4v) is 1.56. The van der Waals surface area contributed by atoms with E-state index in [-0.39, 0.29) is 11.9 Å². The summed E-state index contributed by atoms with van der Waals surface area (Å²) in [5.74, 6) is 1.85. The summed E-state index contributed by atoms with van der Waals surface area (Å²) >= 11 is 1.66. The Bertz CT molecular complexity index is 145. The molecule has 4 heteroatoms. The van der Waals surface area contributed by atoms with Crippen LogP contribution in [0.3, 0.4) is 0 Å². The molecule has 1 saturated heterocycles. The summed E-state index contributed by atoms with van der Waals surface area (Å²) in [5, 5.41) is 0. The monoisotopic (exact) mass is 174 g/mol.